The molecule has 3 rings (SSSR count). The fraction of sp³-hybridized carbons (Fsp3) is 0.500. The molecule has 1 aromatic rings. The third kappa shape index (κ3) is 2.84. The van der Waals surface area contributed by atoms with E-state index < -0.39 is 6.04 Å². The monoisotopic (exact) mass is 272 g/mol. The molecule has 2 fully saturated rings. The molecule has 4 nitrogen and oxygen atoms in total. The normalized spacial score (nSPS) is 23.7. The summed E-state index contributed by atoms with van der Waals surface area (Å²) in [4.78, 5) is 22.8. The lowest BCUT2D eigenvalue weighted by Gasteiger charge is -2.22. The lowest BCUT2D eigenvalue weighted by Crippen LogP contribution is -2.30. The molecule has 0 aromatic heterocycles. The Morgan fingerprint density at radius 2 is 1.90 bits per heavy atom. The molecule has 1 aromatic carbocycles. The van der Waals surface area contributed by atoms with Gasteiger partial charge < -0.3 is 5.32 Å². The minimum absolute atomic E-state index is 0.198. The first kappa shape index (κ1) is 13.2. The summed E-state index contributed by atoms with van der Waals surface area (Å²) in [5.41, 5.74) is 2.28. The van der Waals surface area contributed by atoms with Gasteiger partial charge in [-0.15, -0.1) is 0 Å². The maximum Gasteiger partial charge on any atom is 0.249 e. The zero-order valence-corrected chi connectivity index (χ0v) is 11.5. The van der Waals surface area contributed by atoms with Crippen molar-refractivity contribution < 1.29 is 9.59 Å². The summed E-state index contributed by atoms with van der Waals surface area (Å²) < 4.78 is 0. The van der Waals surface area contributed by atoms with E-state index in [0.29, 0.717) is 5.92 Å². The molecule has 1 unspecified atom stereocenters. The van der Waals surface area contributed by atoms with Crippen LogP contribution in [-0.4, -0.2) is 17.9 Å². The summed E-state index contributed by atoms with van der Waals surface area (Å²) in [6.45, 7) is 0. The Hall–Kier alpha value is -1.84. The Kier molecular flexibility index (Phi) is 3.72. The molecule has 0 spiro atoms. The van der Waals surface area contributed by atoms with Gasteiger partial charge in [0.15, 0.2) is 0 Å². The van der Waals surface area contributed by atoms with Crippen LogP contribution in [-0.2, 0) is 9.59 Å². The van der Waals surface area contributed by atoms with Crippen LogP contribution in [0.5, 0.6) is 0 Å². The van der Waals surface area contributed by atoms with Gasteiger partial charge in [-0.25, -0.2) is 0 Å². The Balaban J connectivity index is 1.71. The number of nitrogens with one attached hydrogen (secondary N) is 2. The van der Waals surface area contributed by atoms with Gasteiger partial charge in [0.05, 0.1) is 6.42 Å². The van der Waals surface area contributed by atoms with E-state index >= 15 is 0 Å². The zero-order valence-electron chi connectivity index (χ0n) is 11.5. The Morgan fingerprint density at radius 3 is 2.60 bits per heavy atom. The number of carbonyl (C=O) groups excluding carboxylic acids is 2. The molecule has 1 heterocycles. The first-order valence-corrected chi connectivity index (χ1v) is 7.42. The molecule has 0 bridgehead atoms. The standard InChI is InChI=1S/C16H20N2O2/c19-15-10-14(16(20)18-15)17-13-8-4-7-12(9-13)11-5-2-1-3-6-11/h4,7-9,11,14,17H,1-3,5-6,10H2,(H,18,19,20). The molecule has 2 aliphatic rings. The smallest absolute Gasteiger partial charge is 0.249 e. The molecule has 1 saturated carbocycles. The summed E-state index contributed by atoms with van der Waals surface area (Å²) in [7, 11) is 0. The average molecular weight is 272 g/mol. The number of imide groups is 1. The van der Waals surface area contributed by atoms with Crippen LogP contribution in [0.2, 0.25) is 0 Å². The number of hydrogen-bond donors (Lipinski definition) is 2. The van der Waals surface area contributed by atoms with Crippen LogP contribution in [0.4, 0.5) is 5.69 Å². The number of amides is 2. The summed E-state index contributed by atoms with van der Waals surface area (Å²) >= 11 is 0. The largest absolute Gasteiger partial charge is 0.373 e. The summed E-state index contributed by atoms with van der Waals surface area (Å²) in [6, 6.07) is 7.86. The topological polar surface area (TPSA) is 58.2 Å². The number of benzene rings is 1. The van der Waals surface area contributed by atoms with Crippen molar-refractivity contribution in [3.8, 4) is 0 Å². The Bertz CT molecular complexity index is 521. The van der Waals surface area contributed by atoms with Crippen LogP contribution in [0.15, 0.2) is 24.3 Å². The van der Waals surface area contributed by atoms with E-state index in [0.717, 1.165) is 5.69 Å². The van der Waals surface area contributed by atoms with Gasteiger partial charge in [-0.3, -0.25) is 14.9 Å². The highest BCUT2D eigenvalue weighted by atomic mass is 16.2. The maximum atomic E-state index is 11.6. The van der Waals surface area contributed by atoms with Crippen LogP contribution < -0.4 is 10.6 Å². The van der Waals surface area contributed by atoms with Crippen molar-refractivity contribution in [1.82, 2.24) is 5.32 Å². The van der Waals surface area contributed by atoms with E-state index in [-0.39, 0.29) is 18.2 Å². The van der Waals surface area contributed by atoms with Gasteiger partial charge >= 0.3 is 0 Å². The summed E-state index contributed by atoms with van der Waals surface area (Å²) in [5, 5.41) is 5.49. The molecule has 4 heteroatoms. The van der Waals surface area contributed by atoms with Crippen molar-refractivity contribution >= 4 is 17.5 Å². The van der Waals surface area contributed by atoms with E-state index in [1.807, 2.05) is 12.1 Å². The second kappa shape index (κ2) is 5.65. The average Bonchev–Trinajstić information content (AvgIpc) is 2.78. The molecule has 1 aliphatic carbocycles. The third-order valence-electron chi connectivity index (χ3n) is 4.27. The zero-order chi connectivity index (χ0) is 13.9. The molecule has 1 saturated heterocycles. The van der Waals surface area contributed by atoms with Gasteiger partial charge in [0.25, 0.3) is 0 Å². The molecule has 2 N–H and O–H groups in total. The van der Waals surface area contributed by atoms with Gasteiger partial charge in [0.2, 0.25) is 11.8 Å². The van der Waals surface area contributed by atoms with Crippen LogP contribution in [0.3, 0.4) is 0 Å². The highest BCUT2D eigenvalue weighted by Crippen LogP contribution is 2.33. The van der Waals surface area contributed by atoms with Crippen LogP contribution in [0, 0.1) is 0 Å². The van der Waals surface area contributed by atoms with Crippen molar-refractivity contribution in [1.29, 1.82) is 0 Å². The van der Waals surface area contributed by atoms with Gasteiger partial charge in [-0.2, -0.15) is 0 Å². The van der Waals surface area contributed by atoms with E-state index in [2.05, 4.69) is 22.8 Å². The fourth-order valence-electron chi connectivity index (χ4n) is 3.19. The highest BCUT2D eigenvalue weighted by Gasteiger charge is 2.30. The van der Waals surface area contributed by atoms with Crippen molar-refractivity contribution in [3.63, 3.8) is 0 Å². The molecule has 20 heavy (non-hydrogen) atoms. The predicted octanol–water partition coefficient (Wildman–Crippen LogP) is 2.56. The number of rotatable bonds is 3. The molecule has 1 atom stereocenters. The van der Waals surface area contributed by atoms with Gasteiger partial charge in [-0.05, 0) is 36.5 Å². The number of hydrogen-bond acceptors (Lipinski definition) is 3. The van der Waals surface area contributed by atoms with E-state index in [4.69, 9.17) is 0 Å². The molecule has 106 valence electrons. The van der Waals surface area contributed by atoms with Crippen LogP contribution >= 0.6 is 0 Å². The molecule has 2 amide bonds. The van der Waals surface area contributed by atoms with Crippen molar-refractivity contribution in [3.05, 3.63) is 29.8 Å². The van der Waals surface area contributed by atoms with Crippen molar-refractivity contribution in [2.24, 2.45) is 0 Å². The first-order valence-electron chi connectivity index (χ1n) is 7.42. The van der Waals surface area contributed by atoms with Crippen LogP contribution in [0.25, 0.3) is 0 Å². The van der Waals surface area contributed by atoms with Crippen LogP contribution in [0.1, 0.15) is 50.0 Å². The van der Waals surface area contributed by atoms with Crippen molar-refractivity contribution in [2.75, 3.05) is 5.32 Å². The first-order chi connectivity index (χ1) is 9.72. The fourth-order valence-corrected chi connectivity index (χ4v) is 3.19. The minimum atomic E-state index is -0.427. The molecular formula is C16H20N2O2. The quantitative estimate of drug-likeness (QED) is 0.831. The maximum absolute atomic E-state index is 11.6. The summed E-state index contributed by atoms with van der Waals surface area (Å²) in [5.74, 6) is 0.221. The van der Waals surface area contributed by atoms with Gasteiger partial charge in [-0.1, -0.05) is 31.4 Å². The second-order valence-electron chi connectivity index (χ2n) is 5.77. The second-order valence-corrected chi connectivity index (χ2v) is 5.77. The Morgan fingerprint density at radius 1 is 1.10 bits per heavy atom. The van der Waals surface area contributed by atoms with E-state index in [1.165, 1.54) is 37.7 Å². The van der Waals surface area contributed by atoms with E-state index in [9.17, 15) is 9.59 Å². The summed E-state index contributed by atoms with van der Waals surface area (Å²) in [6.07, 6.45) is 6.70. The number of anilines is 1. The molecular weight excluding hydrogens is 252 g/mol. The predicted molar refractivity (Wildman–Crippen MR) is 77.4 cm³/mol. The molecule has 1 aliphatic heterocycles. The lowest BCUT2D eigenvalue weighted by atomic mass is 9.84. The van der Waals surface area contributed by atoms with E-state index in [1.54, 1.807) is 0 Å². The minimum Gasteiger partial charge on any atom is -0.373 e. The third-order valence-corrected chi connectivity index (χ3v) is 4.27. The number of carbonyl (C=O) groups is 2. The van der Waals surface area contributed by atoms with Gasteiger partial charge in [0, 0.05) is 5.69 Å². The molecule has 0 radical (unpaired) electrons. The van der Waals surface area contributed by atoms with Gasteiger partial charge in [0.1, 0.15) is 6.04 Å². The Labute approximate surface area is 118 Å². The highest BCUT2D eigenvalue weighted by molar-refractivity contribution is 6.06. The van der Waals surface area contributed by atoms with Crippen molar-refractivity contribution in [2.45, 2.75) is 50.5 Å². The SMILES string of the molecule is O=C1CC(Nc2cccc(C3CCCCC3)c2)C(=O)N1. The lowest BCUT2D eigenvalue weighted by molar-refractivity contribution is -0.124.